The fraction of sp³-hybridized carbons (Fsp3) is 0.176. The second-order valence-electron chi connectivity index (χ2n) is 5.56. The Hall–Kier alpha value is -3.16. The van der Waals surface area contributed by atoms with Gasteiger partial charge in [-0.05, 0) is 24.3 Å². The maximum atomic E-state index is 14.0. The van der Waals surface area contributed by atoms with E-state index in [1.54, 1.807) is 6.07 Å². The van der Waals surface area contributed by atoms with Gasteiger partial charge in [-0.1, -0.05) is 12.1 Å². The van der Waals surface area contributed by atoms with Gasteiger partial charge in [0.25, 0.3) is 11.6 Å². The van der Waals surface area contributed by atoms with E-state index in [9.17, 15) is 28.5 Å². The van der Waals surface area contributed by atoms with Crippen LogP contribution in [0.3, 0.4) is 0 Å². The third-order valence-corrected chi connectivity index (χ3v) is 3.99. The number of alkyl halides is 2. The highest BCUT2D eigenvalue weighted by atomic mass is 19.3. The summed E-state index contributed by atoms with van der Waals surface area (Å²) in [7, 11) is 0. The molecule has 0 aromatic heterocycles. The summed E-state index contributed by atoms with van der Waals surface area (Å²) >= 11 is 0. The Balaban J connectivity index is 2.01. The van der Waals surface area contributed by atoms with Gasteiger partial charge in [0.15, 0.2) is 0 Å². The van der Waals surface area contributed by atoms with Gasteiger partial charge in [0.1, 0.15) is 0 Å². The van der Waals surface area contributed by atoms with Crippen molar-refractivity contribution in [2.75, 3.05) is 11.4 Å². The van der Waals surface area contributed by atoms with E-state index in [2.05, 4.69) is 0 Å². The molecule has 0 bridgehead atoms. The summed E-state index contributed by atoms with van der Waals surface area (Å²) in [4.78, 5) is 35.9. The number of Topliss-reactive ketones (excluding diaryl/α,β-unsaturated/α-hetero) is 1. The summed E-state index contributed by atoms with van der Waals surface area (Å²) in [6.07, 6.45) is -0.792. The standard InChI is InChI=1S/C17H12F2N2O4/c18-17(19)9-10-20(14-4-2-1-3-13(14)15(17)22)16(23)11-5-7-12(8-6-11)21(24)25/h1-8H,9-10H2. The Bertz CT molecular complexity index is 865. The highest BCUT2D eigenvalue weighted by molar-refractivity contribution is 6.13. The fourth-order valence-corrected chi connectivity index (χ4v) is 2.68. The Morgan fingerprint density at radius 2 is 1.76 bits per heavy atom. The highest BCUT2D eigenvalue weighted by Crippen LogP contribution is 2.34. The summed E-state index contributed by atoms with van der Waals surface area (Å²) in [5.74, 6) is -5.48. The van der Waals surface area contributed by atoms with E-state index in [-0.39, 0.29) is 29.0 Å². The summed E-state index contributed by atoms with van der Waals surface area (Å²) < 4.78 is 27.9. The van der Waals surface area contributed by atoms with Crippen LogP contribution in [0.1, 0.15) is 27.1 Å². The monoisotopic (exact) mass is 346 g/mol. The van der Waals surface area contributed by atoms with Gasteiger partial charge in [0.2, 0.25) is 5.78 Å². The first kappa shape index (κ1) is 16.7. The zero-order chi connectivity index (χ0) is 18.2. The number of nitrogens with zero attached hydrogens (tertiary/aromatic N) is 2. The molecule has 0 saturated carbocycles. The van der Waals surface area contributed by atoms with Crippen LogP contribution in [0.15, 0.2) is 48.5 Å². The molecular formula is C17H12F2N2O4. The maximum Gasteiger partial charge on any atom is 0.311 e. The van der Waals surface area contributed by atoms with Crippen LogP contribution in [-0.4, -0.2) is 29.1 Å². The van der Waals surface area contributed by atoms with Crippen molar-refractivity contribution in [1.82, 2.24) is 0 Å². The van der Waals surface area contributed by atoms with Gasteiger partial charge in [-0.2, -0.15) is 8.78 Å². The van der Waals surface area contributed by atoms with Crippen LogP contribution in [0.4, 0.5) is 20.2 Å². The quantitative estimate of drug-likeness (QED) is 0.616. The fourth-order valence-electron chi connectivity index (χ4n) is 2.68. The minimum absolute atomic E-state index is 0.105. The number of non-ortho nitro benzene ring substituents is 1. The van der Waals surface area contributed by atoms with Crippen molar-refractivity contribution in [3.05, 3.63) is 69.8 Å². The number of hydrogen-bond donors (Lipinski definition) is 0. The number of anilines is 1. The number of halogens is 2. The van der Waals surface area contributed by atoms with Gasteiger partial charge < -0.3 is 4.90 Å². The molecule has 0 fully saturated rings. The van der Waals surface area contributed by atoms with E-state index >= 15 is 0 Å². The van der Waals surface area contributed by atoms with Gasteiger partial charge in [-0.15, -0.1) is 0 Å². The molecule has 0 atom stereocenters. The summed E-state index contributed by atoms with van der Waals surface area (Å²) in [5.41, 5.74) is -0.194. The first-order chi connectivity index (χ1) is 11.8. The lowest BCUT2D eigenvalue weighted by Crippen LogP contribution is -2.33. The molecule has 2 aromatic rings. The summed E-state index contributed by atoms with van der Waals surface area (Å²) in [5, 5.41) is 10.7. The Morgan fingerprint density at radius 3 is 2.40 bits per heavy atom. The van der Waals surface area contributed by atoms with Crippen molar-refractivity contribution in [2.24, 2.45) is 0 Å². The second-order valence-corrected chi connectivity index (χ2v) is 5.56. The van der Waals surface area contributed by atoms with Crippen molar-refractivity contribution >= 4 is 23.1 Å². The minimum atomic E-state index is -3.55. The van der Waals surface area contributed by atoms with Crippen molar-refractivity contribution in [3.63, 3.8) is 0 Å². The average molecular weight is 346 g/mol. The SMILES string of the molecule is O=C(c1ccc([N+](=O)[O-])cc1)N1CCC(F)(F)C(=O)c2ccccc21. The van der Waals surface area contributed by atoms with Crippen molar-refractivity contribution < 1.29 is 23.3 Å². The average Bonchev–Trinajstić information content (AvgIpc) is 2.70. The van der Waals surface area contributed by atoms with Crippen LogP contribution in [0.25, 0.3) is 0 Å². The number of carbonyl (C=O) groups excluding carboxylic acids is 2. The number of benzene rings is 2. The topological polar surface area (TPSA) is 80.5 Å². The Labute approximate surface area is 140 Å². The molecule has 8 heteroatoms. The number of fused-ring (bicyclic) bond motifs is 1. The normalized spacial score (nSPS) is 16.1. The van der Waals surface area contributed by atoms with Crippen molar-refractivity contribution in [3.8, 4) is 0 Å². The molecule has 0 aliphatic carbocycles. The molecule has 1 aliphatic rings. The molecule has 1 aliphatic heterocycles. The van der Waals surface area contributed by atoms with Gasteiger partial charge in [0, 0.05) is 36.2 Å². The van der Waals surface area contributed by atoms with E-state index in [1.165, 1.54) is 30.3 Å². The van der Waals surface area contributed by atoms with Crippen LogP contribution in [0.5, 0.6) is 0 Å². The van der Waals surface area contributed by atoms with Gasteiger partial charge in [0.05, 0.1) is 10.6 Å². The number of nitro benzene ring substituents is 1. The molecule has 0 unspecified atom stereocenters. The third-order valence-electron chi connectivity index (χ3n) is 3.99. The Kier molecular flexibility index (Phi) is 4.03. The number of nitro groups is 1. The number of rotatable bonds is 2. The van der Waals surface area contributed by atoms with Crippen LogP contribution in [-0.2, 0) is 0 Å². The number of carbonyl (C=O) groups is 2. The highest BCUT2D eigenvalue weighted by Gasteiger charge is 2.44. The lowest BCUT2D eigenvalue weighted by atomic mass is 10.0. The third kappa shape index (κ3) is 2.98. The van der Waals surface area contributed by atoms with Gasteiger partial charge in [-0.25, -0.2) is 0 Å². The molecule has 0 saturated heterocycles. The molecule has 25 heavy (non-hydrogen) atoms. The van der Waals surface area contributed by atoms with Gasteiger partial charge >= 0.3 is 5.92 Å². The molecule has 0 N–H and O–H groups in total. The first-order valence-corrected chi connectivity index (χ1v) is 7.39. The van der Waals surface area contributed by atoms with E-state index in [0.717, 1.165) is 17.0 Å². The van der Waals surface area contributed by atoms with Crippen LogP contribution in [0.2, 0.25) is 0 Å². The molecule has 3 rings (SSSR count). The van der Waals surface area contributed by atoms with E-state index in [4.69, 9.17) is 0 Å². The molecule has 0 radical (unpaired) electrons. The van der Waals surface area contributed by atoms with E-state index in [1.807, 2.05) is 0 Å². The van der Waals surface area contributed by atoms with Crippen molar-refractivity contribution in [2.45, 2.75) is 12.3 Å². The molecule has 0 spiro atoms. The second kappa shape index (κ2) is 6.04. The number of amides is 1. The predicted octanol–water partition coefficient (Wildman–Crippen LogP) is 3.46. The lowest BCUT2D eigenvalue weighted by molar-refractivity contribution is -0.384. The molecule has 128 valence electrons. The van der Waals surface area contributed by atoms with Crippen LogP contribution >= 0.6 is 0 Å². The minimum Gasteiger partial charge on any atom is -0.307 e. The number of hydrogen-bond acceptors (Lipinski definition) is 4. The van der Waals surface area contributed by atoms with E-state index < -0.39 is 29.0 Å². The van der Waals surface area contributed by atoms with Crippen LogP contribution < -0.4 is 4.90 Å². The molecule has 6 nitrogen and oxygen atoms in total. The molecule has 2 aromatic carbocycles. The summed E-state index contributed by atoms with van der Waals surface area (Å²) in [6.45, 7) is -0.342. The van der Waals surface area contributed by atoms with Crippen LogP contribution in [0, 0.1) is 10.1 Å². The number of para-hydroxylation sites is 1. The lowest BCUT2D eigenvalue weighted by Gasteiger charge is -2.22. The molecule has 1 heterocycles. The molecule has 1 amide bonds. The molecular weight excluding hydrogens is 334 g/mol. The largest absolute Gasteiger partial charge is 0.311 e. The van der Waals surface area contributed by atoms with E-state index in [0.29, 0.717) is 0 Å². The maximum absolute atomic E-state index is 14.0. The zero-order valence-electron chi connectivity index (χ0n) is 12.8. The zero-order valence-corrected chi connectivity index (χ0v) is 12.8. The number of ketones is 1. The van der Waals surface area contributed by atoms with Gasteiger partial charge in [-0.3, -0.25) is 19.7 Å². The summed E-state index contributed by atoms with van der Waals surface area (Å²) in [6, 6.07) is 10.5. The first-order valence-electron chi connectivity index (χ1n) is 7.39. The predicted molar refractivity (Wildman–Crippen MR) is 85.1 cm³/mol. The smallest absolute Gasteiger partial charge is 0.307 e. The van der Waals surface area contributed by atoms with Crippen molar-refractivity contribution in [1.29, 1.82) is 0 Å². The Morgan fingerprint density at radius 1 is 1.12 bits per heavy atom.